The third kappa shape index (κ3) is 2.90. The minimum absolute atomic E-state index is 0.0892. The van der Waals surface area contributed by atoms with Gasteiger partial charge >= 0.3 is 0 Å². The van der Waals surface area contributed by atoms with Crippen LogP contribution >= 0.6 is 11.5 Å². The first-order valence-corrected chi connectivity index (χ1v) is 8.82. The Kier molecular flexibility index (Phi) is 3.99. The Hall–Kier alpha value is -2.69. The van der Waals surface area contributed by atoms with E-state index in [2.05, 4.69) is 40.5 Å². The lowest BCUT2D eigenvalue weighted by Crippen LogP contribution is -2.49. The van der Waals surface area contributed by atoms with Crippen LogP contribution in [0.4, 0.5) is 5.82 Å². The molecule has 130 valence electrons. The zero-order valence-electron chi connectivity index (χ0n) is 13.8. The normalized spacial score (nSPS) is 19.6. The molecular weight excluding hydrogens is 342 g/mol. The Bertz CT molecular complexity index is 914. The minimum Gasteiger partial charge on any atom is -0.365 e. The van der Waals surface area contributed by atoms with Gasteiger partial charge in [0.05, 0.1) is 5.69 Å². The highest BCUT2D eigenvalue weighted by Gasteiger charge is 2.32. The van der Waals surface area contributed by atoms with E-state index in [1.54, 1.807) is 11.7 Å². The molecule has 4 rings (SSSR count). The topological polar surface area (TPSA) is 123 Å². The van der Waals surface area contributed by atoms with Crippen LogP contribution in [0, 0.1) is 0 Å². The Morgan fingerprint density at radius 1 is 1.32 bits per heavy atom. The third-order valence-corrected chi connectivity index (χ3v) is 5.07. The molecular formula is C14H17N9OS. The molecule has 1 aliphatic rings. The van der Waals surface area contributed by atoms with Gasteiger partial charge in [0.15, 0.2) is 17.0 Å². The van der Waals surface area contributed by atoms with Crippen LogP contribution in [0.2, 0.25) is 0 Å². The number of nitrogens with zero attached hydrogens (tertiary/aromatic N) is 7. The number of anilines is 1. The van der Waals surface area contributed by atoms with E-state index in [0.29, 0.717) is 28.3 Å². The number of amides is 1. The third-order valence-electron chi connectivity index (χ3n) is 4.30. The maximum absolute atomic E-state index is 12.3. The summed E-state index contributed by atoms with van der Waals surface area (Å²) in [5.41, 5.74) is 2.09. The molecule has 0 bridgehead atoms. The van der Waals surface area contributed by atoms with Crippen LogP contribution in [0.5, 0.6) is 0 Å². The number of nitrogens with one attached hydrogen (secondary N) is 2. The van der Waals surface area contributed by atoms with Crippen molar-refractivity contribution in [2.24, 2.45) is 7.05 Å². The number of carbonyl (C=O) groups is 1. The van der Waals surface area contributed by atoms with Crippen LogP contribution in [-0.4, -0.2) is 52.5 Å². The Labute approximate surface area is 147 Å². The molecule has 1 fully saturated rings. The van der Waals surface area contributed by atoms with Crippen molar-refractivity contribution >= 4 is 34.4 Å². The molecule has 25 heavy (non-hydrogen) atoms. The van der Waals surface area contributed by atoms with Crippen molar-refractivity contribution in [3.63, 3.8) is 0 Å². The fourth-order valence-electron chi connectivity index (χ4n) is 2.87. The quantitative estimate of drug-likeness (QED) is 0.677. The van der Waals surface area contributed by atoms with E-state index in [9.17, 15) is 4.79 Å². The van der Waals surface area contributed by atoms with Crippen molar-refractivity contribution in [2.45, 2.75) is 38.3 Å². The van der Waals surface area contributed by atoms with Gasteiger partial charge in [0.1, 0.15) is 11.2 Å². The molecule has 2 N–H and O–H groups in total. The van der Waals surface area contributed by atoms with Crippen LogP contribution in [-0.2, 0) is 13.5 Å². The summed E-state index contributed by atoms with van der Waals surface area (Å²) in [5, 5.41) is 18.4. The summed E-state index contributed by atoms with van der Waals surface area (Å²) in [6.07, 6.45) is 3.85. The maximum Gasteiger partial charge on any atom is 0.265 e. The van der Waals surface area contributed by atoms with Crippen molar-refractivity contribution in [3.05, 3.63) is 16.9 Å². The second-order valence-electron chi connectivity index (χ2n) is 5.99. The highest BCUT2D eigenvalue weighted by Crippen LogP contribution is 2.26. The molecule has 3 heterocycles. The molecule has 0 aromatic carbocycles. The average Bonchev–Trinajstić information content (AvgIpc) is 3.20. The molecule has 0 spiro atoms. The zero-order valence-corrected chi connectivity index (χ0v) is 14.6. The molecule has 0 aliphatic heterocycles. The molecule has 11 heteroatoms. The highest BCUT2D eigenvalue weighted by molar-refractivity contribution is 7.08. The lowest BCUT2D eigenvalue weighted by atomic mass is 9.86. The van der Waals surface area contributed by atoms with Gasteiger partial charge in [-0.1, -0.05) is 16.6 Å². The number of hydrogen-bond donors (Lipinski definition) is 2. The van der Waals surface area contributed by atoms with Crippen LogP contribution in [0.3, 0.4) is 0 Å². The monoisotopic (exact) mass is 359 g/mol. The summed E-state index contributed by atoms with van der Waals surface area (Å²) < 4.78 is 5.47. The van der Waals surface area contributed by atoms with Crippen molar-refractivity contribution in [1.29, 1.82) is 0 Å². The molecule has 0 radical (unpaired) electrons. The van der Waals surface area contributed by atoms with E-state index in [1.807, 2.05) is 6.92 Å². The summed E-state index contributed by atoms with van der Waals surface area (Å²) in [6.45, 7) is 1.96. The summed E-state index contributed by atoms with van der Waals surface area (Å²) in [4.78, 5) is 21.3. The van der Waals surface area contributed by atoms with Crippen LogP contribution in [0.25, 0.3) is 11.2 Å². The highest BCUT2D eigenvalue weighted by atomic mass is 32.1. The number of hydrogen-bond acceptors (Lipinski definition) is 9. The Balaban J connectivity index is 1.35. The maximum atomic E-state index is 12.3. The van der Waals surface area contributed by atoms with E-state index in [4.69, 9.17) is 0 Å². The smallest absolute Gasteiger partial charge is 0.265 e. The standard InChI is InChI=1S/C14H17N9OS/c1-3-9-11(25-22-19-9)14(24)18-8-4-7(5-8)17-12-10-13(16-6-15-12)23(2)21-20-10/h6-8H,3-5H2,1-2H3,(H,18,24)(H,15,16,17). The van der Waals surface area contributed by atoms with Crippen molar-refractivity contribution in [2.75, 3.05) is 5.32 Å². The molecule has 0 atom stereocenters. The fraction of sp³-hybridized carbons (Fsp3) is 0.500. The molecule has 0 unspecified atom stereocenters. The van der Waals surface area contributed by atoms with Crippen LogP contribution < -0.4 is 10.6 Å². The zero-order chi connectivity index (χ0) is 17.4. The van der Waals surface area contributed by atoms with Gasteiger partial charge in [0.25, 0.3) is 5.91 Å². The summed E-state index contributed by atoms with van der Waals surface area (Å²) in [5.74, 6) is 0.585. The summed E-state index contributed by atoms with van der Waals surface area (Å²) in [6, 6.07) is 0.367. The van der Waals surface area contributed by atoms with Gasteiger partial charge in [-0.3, -0.25) is 4.79 Å². The van der Waals surface area contributed by atoms with E-state index in [-0.39, 0.29) is 18.0 Å². The van der Waals surface area contributed by atoms with Gasteiger partial charge < -0.3 is 10.6 Å². The van der Waals surface area contributed by atoms with E-state index >= 15 is 0 Å². The van der Waals surface area contributed by atoms with Gasteiger partial charge in [-0.05, 0) is 30.8 Å². The second kappa shape index (κ2) is 6.31. The minimum atomic E-state index is -0.0892. The number of rotatable bonds is 5. The van der Waals surface area contributed by atoms with E-state index in [1.165, 1.54) is 6.33 Å². The van der Waals surface area contributed by atoms with Crippen molar-refractivity contribution < 1.29 is 4.79 Å². The van der Waals surface area contributed by atoms with Crippen LogP contribution in [0.1, 0.15) is 35.1 Å². The van der Waals surface area contributed by atoms with Crippen molar-refractivity contribution in [3.8, 4) is 0 Å². The van der Waals surface area contributed by atoms with E-state index in [0.717, 1.165) is 30.1 Å². The SMILES string of the molecule is CCc1nnsc1C(=O)NC1CC(Nc2ncnc3c2nnn3C)C1. The molecule has 1 amide bonds. The summed E-state index contributed by atoms with van der Waals surface area (Å²) >= 11 is 1.14. The number of carbonyl (C=O) groups excluding carboxylic acids is 1. The van der Waals surface area contributed by atoms with Gasteiger partial charge in [-0.2, -0.15) is 0 Å². The Morgan fingerprint density at radius 3 is 2.96 bits per heavy atom. The number of fused-ring (bicyclic) bond motifs is 1. The molecule has 1 aliphatic carbocycles. The molecule has 3 aromatic heterocycles. The van der Waals surface area contributed by atoms with Gasteiger partial charge in [-0.25, -0.2) is 14.6 Å². The number of aryl methyl sites for hydroxylation is 2. The van der Waals surface area contributed by atoms with Gasteiger partial charge in [-0.15, -0.1) is 10.2 Å². The Morgan fingerprint density at radius 2 is 2.16 bits per heavy atom. The van der Waals surface area contributed by atoms with E-state index < -0.39 is 0 Å². The predicted molar refractivity (Wildman–Crippen MR) is 91.3 cm³/mol. The average molecular weight is 359 g/mol. The lowest BCUT2D eigenvalue weighted by Gasteiger charge is -2.36. The summed E-state index contributed by atoms with van der Waals surface area (Å²) in [7, 11) is 1.79. The molecule has 3 aromatic rings. The van der Waals surface area contributed by atoms with Gasteiger partial charge in [0.2, 0.25) is 0 Å². The first kappa shape index (κ1) is 15.8. The molecule has 10 nitrogen and oxygen atoms in total. The lowest BCUT2D eigenvalue weighted by molar-refractivity contribution is 0.0916. The second-order valence-corrected chi connectivity index (χ2v) is 6.75. The fourth-order valence-corrected chi connectivity index (χ4v) is 3.52. The molecule has 0 saturated heterocycles. The predicted octanol–water partition coefficient (Wildman–Crippen LogP) is 0.545. The largest absolute Gasteiger partial charge is 0.365 e. The van der Waals surface area contributed by atoms with Crippen molar-refractivity contribution in [1.82, 2.24) is 39.9 Å². The first-order valence-electron chi connectivity index (χ1n) is 8.04. The van der Waals surface area contributed by atoms with Crippen LogP contribution in [0.15, 0.2) is 6.33 Å². The molecule has 1 saturated carbocycles. The number of aromatic nitrogens is 7. The first-order chi connectivity index (χ1) is 12.2. The van der Waals surface area contributed by atoms with Gasteiger partial charge in [0, 0.05) is 19.1 Å².